The monoisotopic (exact) mass is 351 g/mol. The zero-order valence-corrected chi connectivity index (χ0v) is 14.4. The number of hydrogen-bond donors (Lipinski definition) is 1. The number of nitrogens with zero attached hydrogens (tertiary/aromatic N) is 2. The van der Waals surface area contributed by atoms with Crippen LogP contribution >= 0.6 is 0 Å². The van der Waals surface area contributed by atoms with Crippen LogP contribution in [0.25, 0.3) is 0 Å². The molecule has 0 saturated carbocycles. The Bertz CT molecular complexity index is 852. The second-order valence-corrected chi connectivity index (χ2v) is 6.63. The summed E-state index contributed by atoms with van der Waals surface area (Å²) in [6.07, 6.45) is 1.22. The maximum absolute atomic E-state index is 13.1. The Morgan fingerprint density at radius 3 is 2.62 bits per heavy atom. The van der Waals surface area contributed by atoms with E-state index in [2.05, 4.69) is 17.0 Å². The van der Waals surface area contributed by atoms with Crippen molar-refractivity contribution in [3.8, 4) is 5.75 Å². The molecule has 2 amide bonds. The highest BCUT2D eigenvalue weighted by molar-refractivity contribution is 5.99. The van der Waals surface area contributed by atoms with Gasteiger partial charge >= 0.3 is 0 Å². The summed E-state index contributed by atoms with van der Waals surface area (Å²) < 4.78 is 5.64. The highest BCUT2D eigenvalue weighted by Crippen LogP contribution is 2.34. The van der Waals surface area contributed by atoms with Crippen LogP contribution in [0, 0.1) is 0 Å². The summed E-state index contributed by atoms with van der Waals surface area (Å²) in [6, 6.07) is 15.4. The summed E-state index contributed by atoms with van der Waals surface area (Å²) in [6.45, 7) is 1.24. The van der Waals surface area contributed by atoms with Gasteiger partial charge in [-0.05, 0) is 36.6 Å². The molecule has 2 aliphatic rings. The number of benzene rings is 2. The zero-order chi connectivity index (χ0) is 18.1. The molecule has 0 aromatic heterocycles. The van der Waals surface area contributed by atoms with Crippen molar-refractivity contribution in [2.75, 3.05) is 29.4 Å². The van der Waals surface area contributed by atoms with Gasteiger partial charge in [-0.15, -0.1) is 0 Å². The Morgan fingerprint density at radius 2 is 1.81 bits per heavy atom. The molecule has 26 heavy (non-hydrogen) atoms. The fourth-order valence-electron chi connectivity index (χ4n) is 3.64. The summed E-state index contributed by atoms with van der Waals surface area (Å²) in [5.41, 5.74) is 8.48. The van der Waals surface area contributed by atoms with E-state index in [0.29, 0.717) is 11.4 Å². The van der Waals surface area contributed by atoms with Crippen molar-refractivity contribution >= 4 is 23.2 Å². The lowest BCUT2D eigenvalue weighted by Gasteiger charge is -2.36. The van der Waals surface area contributed by atoms with Gasteiger partial charge < -0.3 is 20.3 Å². The highest BCUT2D eigenvalue weighted by atomic mass is 16.5. The molecule has 4 rings (SSSR count). The molecular formula is C20H21N3O3. The van der Waals surface area contributed by atoms with Gasteiger partial charge in [0.1, 0.15) is 5.75 Å². The largest absolute Gasteiger partial charge is 0.477 e. The number of para-hydroxylation sites is 3. The number of carbonyl (C=O) groups excluding carboxylic acids is 2. The van der Waals surface area contributed by atoms with Gasteiger partial charge in [-0.25, -0.2) is 0 Å². The van der Waals surface area contributed by atoms with Crippen molar-refractivity contribution in [2.45, 2.75) is 18.9 Å². The molecule has 2 aromatic carbocycles. The summed E-state index contributed by atoms with van der Waals surface area (Å²) in [5.74, 6) is -0.126. The molecule has 0 fully saturated rings. The molecule has 6 heteroatoms. The van der Waals surface area contributed by atoms with E-state index in [1.807, 2.05) is 30.3 Å². The van der Waals surface area contributed by atoms with E-state index in [1.54, 1.807) is 11.0 Å². The Hall–Kier alpha value is -3.02. The van der Waals surface area contributed by atoms with E-state index < -0.39 is 12.0 Å². The van der Waals surface area contributed by atoms with Crippen LogP contribution in [0.1, 0.15) is 12.0 Å². The van der Waals surface area contributed by atoms with Crippen LogP contribution in [0.5, 0.6) is 5.75 Å². The Balaban J connectivity index is 1.59. The number of aryl methyl sites for hydroxylation is 1. The minimum atomic E-state index is -0.831. The highest BCUT2D eigenvalue weighted by Gasteiger charge is 2.33. The first kappa shape index (κ1) is 16.4. The van der Waals surface area contributed by atoms with Crippen molar-refractivity contribution in [3.63, 3.8) is 0 Å². The predicted molar refractivity (Wildman–Crippen MR) is 99.4 cm³/mol. The number of hydrogen-bond acceptors (Lipinski definition) is 4. The van der Waals surface area contributed by atoms with Gasteiger partial charge in [0.05, 0.1) is 18.8 Å². The van der Waals surface area contributed by atoms with Crippen LogP contribution in [0.3, 0.4) is 0 Å². The number of anilines is 2. The smallest absolute Gasteiger partial charge is 0.260 e. The van der Waals surface area contributed by atoms with Crippen LogP contribution in [0.2, 0.25) is 0 Å². The third kappa shape index (κ3) is 2.98. The fourth-order valence-corrected chi connectivity index (χ4v) is 3.64. The van der Waals surface area contributed by atoms with Gasteiger partial charge in [0.25, 0.3) is 5.91 Å². The third-order valence-corrected chi connectivity index (χ3v) is 4.92. The number of nitrogens with two attached hydrogens (primary N) is 1. The van der Waals surface area contributed by atoms with Crippen molar-refractivity contribution in [1.29, 1.82) is 0 Å². The van der Waals surface area contributed by atoms with Gasteiger partial charge in [0.15, 0.2) is 6.10 Å². The summed E-state index contributed by atoms with van der Waals surface area (Å²) >= 11 is 0. The Kier molecular flexibility index (Phi) is 4.24. The van der Waals surface area contributed by atoms with Gasteiger partial charge in [-0.2, -0.15) is 0 Å². The SMILES string of the molecule is NC(=O)C1CN(C(=O)CN2CCCc3ccccc32)c2ccccc2O1. The van der Waals surface area contributed by atoms with Crippen molar-refractivity contribution < 1.29 is 14.3 Å². The first-order valence-corrected chi connectivity index (χ1v) is 8.81. The van der Waals surface area contributed by atoms with E-state index in [1.165, 1.54) is 5.56 Å². The Labute approximate surface area is 152 Å². The molecule has 1 atom stereocenters. The fraction of sp³-hybridized carbons (Fsp3) is 0.300. The van der Waals surface area contributed by atoms with Gasteiger partial charge in [0, 0.05) is 12.2 Å². The van der Waals surface area contributed by atoms with E-state index in [4.69, 9.17) is 10.5 Å². The van der Waals surface area contributed by atoms with E-state index in [9.17, 15) is 9.59 Å². The molecule has 0 spiro atoms. The molecule has 2 heterocycles. The number of carbonyl (C=O) groups is 2. The minimum Gasteiger partial charge on any atom is -0.477 e. The molecule has 6 nitrogen and oxygen atoms in total. The molecule has 0 aliphatic carbocycles. The van der Waals surface area contributed by atoms with Crippen LogP contribution in [0.15, 0.2) is 48.5 Å². The molecule has 0 saturated heterocycles. The zero-order valence-electron chi connectivity index (χ0n) is 14.4. The summed E-state index contributed by atoms with van der Waals surface area (Å²) in [7, 11) is 0. The van der Waals surface area contributed by atoms with Gasteiger partial charge in [0.2, 0.25) is 5.91 Å². The molecular weight excluding hydrogens is 330 g/mol. The van der Waals surface area contributed by atoms with E-state index in [0.717, 1.165) is 25.1 Å². The lowest BCUT2D eigenvalue weighted by molar-refractivity contribution is -0.125. The van der Waals surface area contributed by atoms with Crippen molar-refractivity contribution in [1.82, 2.24) is 0 Å². The minimum absolute atomic E-state index is 0.0660. The first-order valence-electron chi connectivity index (χ1n) is 8.81. The van der Waals surface area contributed by atoms with Gasteiger partial charge in [-0.3, -0.25) is 9.59 Å². The second kappa shape index (κ2) is 6.71. The number of ether oxygens (including phenoxy) is 1. The number of amides is 2. The molecule has 2 N–H and O–H groups in total. The Morgan fingerprint density at radius 1 is 1.08 bits per heavy atom. The number of fused-ring (bicyclic) bond motifs is 2. The normalized spacial score (nSPS) is 18.5. The third-order valence-electron chi connectivity index (χ3n) is 4.92. The average molecular weight is 351 g/mol. The molecule has 0 radical (unpaired) electrons. The van der Waals surface area contributed by atoms with Crippen LogP contribution < -0.4 is 20.3 Å². The van der Waals surface area contributed by atoms with Crippen molar-refractivity contribution in [3.05, 3.63) is 54.1 Å². The van der Waals surface area contributed by atoms with E-state index in [-0.39, 0.29) is 19.0 Å². The quantitative estimate of drug-likeness (QED) is 0.914. The number of rotatable bonds is 3. The van der Waals surface area contributed by atoms with Crippen LogP contribution in [0.4, 0.5) is 11.4 Å². The lowest BCUT2D eigenvalue weighted by atomic mass is 10.0. The van der Waals surface area contributed by atoms with Gasteiger partial charge in [-0.1, -0.05) is 30.3 Å². The topological polar surface area (TPSA) is 75.9 Å². The predicted octanol–water partition coefficient (Wildman–Crippen LogP) is 1.72. The maximum atomic E-state index is 13.1. The van der Waals surface area contributed by atoms with Crippen LogP contribution in [-0.2, 0) is 16.0 Å². The van der Waals surface area contributed by atoms with Crippen molar-refractivity contribution in [2.24, 2.45) is 5.73 Å². The summed E-state index contributed by atoms with van der Waals surface area (Å²) in [4.78, 5) is 28.4. The summed E-state index contributed by atoms with van der Waals surface area (Å²) in [5, 5.41) is 0. The number of primary amides is 1. The molecule has 134 valence electrons. The standard InChI is InChI=1S/C20H21N3O3/c21-20(25)18-12-23(16-9-3-4-10-17(16)26-18)19(24)13-22-11-5-7-14-6-1-2-8-15(14)22/h1-4,6,8-10,18H,5,7,11-13H2,(H2,21,25). The second-order valence-electron chi connectivity index (χ2n) is 6.63. The molecule has 0 bridgehead atoms. The lowest BCUT2D eigenvalue weighted by Crippen LogP contribution is -2.52. The average Bonchev–Trinajstić information content (AvgIpc) is 2.67. The molecule has 2 aromatic rings. The molecule has 1 unspecified atom stereocenters. The molecule has 2 aliphatic heterocycles. The first-order chi connectivity index (χ1) is 12.6. The van der Waals surface area contributed by atoms with E-state index >= 15 is 0 Å². The maximum Gasteiger partial charge on any atom is 0.260 e. The van der Waals surface area contributed by atoms with Crippen LogP contribution in [-0.4, -0.2) is 37.6 Å².